The van der Waals surface area contributed by atoms with Gasteiger partial charge in [-0.2, -0.15) is 0 Å². The molecular weight excluding hydrogens is 1080 g/mol. The Kier molecular flexibility index (Phi) is 8.35. The molecule has 294 valence electrons. The van der Waals surface area contributed by atoms with Crippen LogP contribution in [-0.4, -0.2) is 64.4 Å². The van der Waals surface area contributed by atoms with Gasteiger partial charge in [0.05, 0.1) is 0 Å². The van der Waals surface area contributed by atoms with Crippen LogP contribution >= 0.6 is 0 Å². The fourth-order valence-electron chi connectivity index (χ4n) is 7.82. The standard InChI is InChI=1S/C46H40N10.2Pt/c1-47-21-25-51(33-47)39-9-5-13-43(29-39)55(44-14-6-10-40(30-44)52-26-22-48(2)34-52)37-17-19-38(20-18-37)56(45-15-7-11-41(31-45)53-27-23-49(3)35-53)46-16-8-12-42(32-46)54-28-24-50(4)36-54;;/h5-32H,1-4H3;;. The Bertz CT molecular complexity index is 2450. The van der Waals surface area contributed by atoms with E-state index >= 15 is 0 Å². The molecule has 5 aromatic rings. The predicted octanol–water partition coefficient (Wildman–Crippen LogP) is 8.06. The van der Waals surface area contributed by atoms with E-state index in [1.165, 1.54) is 16.6 Å². The van der Waals surface area contributed by atoms with Crippen molar-refractivity contribution in [3.63, 3.8) is 0 Å². The average Bonchev–Trinajstić information content (AvgIpc) is 4.01. The summed E-state index contributed by atoms with van der Waals surface area (Å²) in [6.45, 7) is 0. The van der Waals surface area contributed by atoms with E-state index in [1.54, 1.807) is 0 Å². The molecule has 0 aromatic heterocycles. The Morgan fingerprint density at radius 1 is 0.276 bits per heavy atom. The van der Waals surface area contributed by atoms with Gasteiger partial charge in [-0.3, -0.25) is 0 Å². The quantitative estimate of drug-likeness (QED) is 0.173. The van der Waals surface area contributed by atoms with E-state index in [0.717, 1.165) is 56.9 Å². The van der Waals surface area contributed by atoms with Gasteiger partial charge in [0.2, 0.25) is 0 Å². The molecule has 11 rings (SSSR count). The van der Waals surface area contributed by atoms with E-state index in [9.17, 15) is 0 Å². The van der Waals surface area contributed by atoms with Crippen LogP contribution in [0.3, 0.4) is 0 Å². The van der Waals surface area contributed by atoms with Crippen molar-refractivity contribution >= 4 is 73.5 Å². The second kappa shape index (κ2) is 13.8. The van der Waals surface area contributed by atoms with E-state index in [-0.39, 0.29) is 0 Å². The zero-order chi connectivity index (χ0) is 39.1. The second-order valence-electron chi connectivity index (χ2n) is 14.5. The van der Waals surface area contributed by atoms with Crippen molar-refractivity contribution in [2.24, 2.45) is 0 Å². The van der Waals surface area contributed by atoms with Gasteiger partial charge in [-0.25, -0.2) is 0 Å². The van der Waals surface area contributed by atoms with E-state index in [0.29, 0.717) is 0 Å². The van der Waals surface area contributed by atoms with E-state index in [4.69, 9.17) is 0 Å². The van der Waals surface area contributed by atoms with Crippen LogP contribution in [0.5, 0.6) is 0 Å². The summed E-state index contributed by atoms with van der Waals surface area (Å²) in [5.41, 5.74) is 11.1. The van der Waals surface area contributed by atoms with Gasteiger partial charge in [0.15, 0.2) is 0 Å². The number of nitrogens with zero attached hydrogens (tertiary/aromatic N) is 10. The molecule has 0 spiro atoms. The molecule has 0 fully saturated rings. The summed E-state index contributed by atoms with van der Waals surface area (Å²) in [7, 11) is 8.63. The third-order valence-corrected chi connectivity index (χ3v) is 18.1. The summed E-state index contributed by atoms with van der Waals surface area (Å²) in [4.78, 5) is 23.3. The Morgan fingerprint density at radius 2 is 0.517 bits per heavy atom. The Labute approximate surface area is 354 Å². The average molecular weight is 1120 g/mol. The molecule has 6 aliphatic rings. The fraction of sp³-hybridized carbons (Fsp3) is 0.0870. The van der Waals surface area contributed by atoms with Gasteiger partial charge < -0.3 is 0 Å². The number of rotatable bonds is 2. The molecule has 0 unspecified atom stereocenters. The fourth-order valence-corrected chi connectivity index (χ4v) is 13.9. The third-order valence-electron chi connectivity index (χ3n) is 10.7. The molecule has 0 saturated heterocycles. The van der Waals surface area contributed by atoms with Crippen LogP contribution in [0, 0.1) is 0 Å². The van der Waals surface area contributed by atoms with Crippen molar-refractivity contribution in [3.05, 3.63) is 171 Å². The number of fused-ring (bicyclic) bond motifs is 16. The van der Waals surface area contributed by atoms with Crippen molar-refractivity contribution in [2.75, 3.05) is 57.6 Å². The van der Waals surface area contributed by atoms with Gasteiger partial charge >= 0.3 is 357 Å². The van der Waals surface area contributed by atoms with Crippen molar-refractivity contribution < 1.29 is 35.3 Å². The number of hydrogen-bond donors (Lipinski definition) is 0. The molecule has 8 bridgehead atoms. The first-order valence-corrected chi connectivity index (χ1v) is 23.5. The summed E-state index contributed by atoms with van der Waals surface area (Å²) in [5.74, 6) is 0. The molecular formula is C46H40N10Pt2. The first-order chi connectivity index (χ1) is 28.4. The SMILES string of the molecule is CN1C=CN2[C]1=[Pt]=[C]1N(C)C=CN1c1cccc(c1)N(c1ccc(N3c4cccc(c4)N4C=CN(C)[C]4=[Pt]=[C]4N(C)C=CN4c4cccc3c4)cc1)c1cccc2c1. The van der Waals surface area contributed by atoms with Crippen molar-refractivity contribution in [2.45, 2.75) is 0 Å². The zero-order valence-electron chi connectivity index (χ0n) is 32.3. The molecule has 6 heterocycles. The Balaban J connectivity index is 1.05. The summed E-state index contributed by atoms with van der Waals surface area (Å²) in [6.07, 6.45) is 17.5. The van der Waals surface area contributed by atoms with Crippen LogP contribution in [0.4, 0.5) is 56.9 Å². The number of benzene rings is 5. The Hall–Kier alpha value is -6.08. The maximum atomic E-state index is 2.38. The minimum absolute atomic E-state index is 0.542. The first-order valence-electron chi connectivity index (χ1n) is 19.0. The monoisotopic (exact) mass is 1120 g/mol. The van der Waals surface area contributed by atoms with Crippen LogP contribution in [0.25, 0.3) is 0 Å². The zero-order valence-corrected chi connectivity index (χ0v) is 36.8. The van der Waals surface area contributed by atoms with Gasteiger partial charge in [-0.15, -0.1) is 0 Å². The van der Waals surface area contributed by atoms with Gasteiger partial charge in [0.1, 0.15) is 0 Å². The van der Waals surface area contributed by atoms with Gasteiger partial charge in [0.25, 0.3) is 0 Å². The van der Waals surface area contributed by atoms with Crippen LogP contribution in [0.2, 0.25) is 0 Å². The first kappa shape index (κ1) is 35.1. The number of anilines is 10. The van der Waals surface area contributed by atoms with Crippen molar-refractivity contribution in [1.29, 1.82) is 0 Å². The molecule has 0 atom stereocenters. The summed E-state index contributed by atoms with van der Waals surface area (Å²) < 4.78 is 5.24. The van der Waals surface area contributed by atoms with Crippen LogP contribution in [-0.2, 0) is 35.3 Å². The van der Waals surface area contributed by atoms with Gasteiger partial charge in [-0.05, 0) is 0 Å². The van der Waals surface area contributed by atoms with Crippen LogP contribution in [0.1, 0.15) is 0 Å². The molecule has 0 amide bonds. The Morgan fingerprint density at radius 3 is 0.776 bits per heavy atom. The van der Waals surface area contributed by atoms with Gasteiger partial charge in [-0.1, -0.05) is 0 Å². The van der Waals surface area contributed by atoms with E-state index in [1.807, 2.05) is 0 Å². The molecule has 12 heteroatoms. The third kappa shape index (κ3) is 5.77. The summed E-state index contributed by atoms with van der Waals surface area (Å²) in [5, 5.41) is 0. The number of hydrogen-bond acceptors (Lipinski definition) is 10. The molecule has 0 saturated carbocycles. The van der Waals surface area contributed by atoms with E-state index < -0.39 is 35.3 Å². The second-order valence-corrected chi connectivity index (χ2v) is 19.7. The summed E-state index contributed by atoms with van der Waals surface area (Å²) >= 11 is -1.08. The van der Waals surface area contributed by atoms with Crippen molar-refractivity contribution in [1.82, 2.24) is 19.6 Å². The minimum atomic E-state index is -0.542. The molecule has 0 aliphatic carbocycles. The molecule has 0 N–H and O–H groups in total. The molecule has 5 aromatic carbocycles. The predicted molar refractivity (Wildman–Crippen MR) is 233 cm³/mol. The molecule has 10 nitrogen and oxygen atoms in total. The molecule has 58 heavy (non-hydrogen) atoms. The van der Waals surface area contributed by atoms with Crippen molar-refractivity contribution in [3.8, 4) is 0 Å². The molecule has 0 radical (unpaired) electrons. The maximum absolute atomic E-state index is 2.38. The summed E-state index contributed by atoms with van der Waals surface area (Å²) in [6, 6.07) is 44.7. The van der Waals surface area contributed by atoms with Gasteiger partial charge in [0, 0.05) is 0 Å². The van der Waals surface area contributed by atoms with Crippen LogP contribution in [0.15, 0.2) is 171 Å². The molecule has 6 aliphatic heterocycles. The van der Waals surface area contributed by atoms with Crippen LogP contribution < -0.4 is 29.4 Å². The normalized spacial score (nSPS) is 18.1. The van der Waals surface area contributed by atoms with E-state index in [2.05, 4.69) is 248 Å². The topological polar surface area (TPSA) is 32.4 Å².